The van der Waals surface area contributed by atoms with Gasteiger partial charge in [-0.25, -0.2) is 0 Å². The van der Waals surface area contributed by atoms with Gasteiger partial charge in [-0.3, -0.25) is 0 Å². The van der Waals surface area contributed by atoms with Crippen molar-refractivity contribution in [2.24, 2.45) is 0 Å². The molecule has 0 amide bonds. The van der Waals surface area contributed by atoms with Crippen molar-refractivity contribution in [3.63, 3.8) is 0 Å². The normalized spacial score (nSPS) is 16.2. The number of aromatic nitrogens is 3. The SMILES string of the molecule is CCSc1nnc(Cc2ccccc2)n1C1CCCCC1. The average Bonchev–Trinajstić information content (AvgIpc) is 2.92. The van der Waals surface area contributed by atoms with Crippen LogP contribution in [0.3, 0.4) is 0 Å². The maximum Gasteiger partial charge on any atom is 0.191 e. The van der Waals surface area contributed by atoms with Gasteiger partial charge in [0.2, 0.25) is 0 Å². The van der Waals surface area contributed by atoms with Crippen LogP contribution in [0.2, 0.25) is 0 Å². The molecule has 1 aliphatic rings. The van der Waals surface area contributed by atoms with E-state index >= 15 is 0 Å². The van der Waals surface area contributed by atoms with Gasteiger partial charge >= 0.3 is 0 Å². The van der Waals surface area contributed by atoms with Crippen molar-refractivity contribution >= 4 is 11.8 Å². The molecule has 2 aromatic rings. The molecule has 4 heteroatoms. The Labute approximate surface area is 131 Å². The molecule has 0 radical (unpaired) electrons. The first kappa shape index (κ1) is 14.6. The van der Waals surface area contributed by atoms with Gasteiger partial charge in [-0.15, -0.1) is 10.2 Å². The molecule has 0 spiro atoms. The van der Waals surface area contributed by atoms with Crippen LogP contribution in [-0.4, -0.2) is 20.5 Å². The molecule has 3 rings (SSSR count). The van der Waals surface area contributed by atoms with E-state index in [4.69, 9.17) is 0 Å². The van der Waals surface area contributed by atoms with Gasteiger partial charge in [0, 0.05) is 12.5 Å². The molecule has 1 saturated carbocycles. The zero-order valence-corrected chi connectivity index (χ0v) is 13.5. The van der Waals surface area contributed by atoms with Crippen molar-refractivity contribution < 1.29 is 0 Å². The highest BCUT2D eigenvalue weighted by molar-refractivity contribution is 7.99. The Bertz CT molecular complexity index is 559. The molecule has 1 aliphatic carbocycles. The second-order valence-electron chi connectivity index (χ2n) is 5.66. The minimum Gasteiger partial charge on any atom is -0.303 e. The lowest BCUT2D eigenvalue weighted by molar-refractivity contribution is 0.330. The molecule has 0 saturated heterocycles. The topological polar surface area (TPSA) is 30.7 Å². The quantitative estimate of drug-likeness (QED) is 0.763. The van der Waals surface area contributed by atoms with Crippen LogP contribution in [0.25, 0.3) is 0 Å². The Balaban J connectivity index is 1.88. The first-order chi connectivity index (χ1) is 10.4. The summed E-state index contributed by atoms with van der Waals surface area (Å²) in [5.41, 5.74) is 1.31. The molecule has 1 heterocycles. The Kier molecular flexibility index (Phi) is 4.96. The van der Waals surface area contributed by atoms with E-state index in [-0.39, 0.29) is 0 Å². The fourth-order valence-corrected chi connectivity index (χ4v) is 3.89. The molecule has 1 fully saturated rings. The highest BCUT2D eigenvalue weighted by Crippen LogP contribution is 2.33. The van der Waals surface area contributed by atoms with Gasteiger partial charge in [0.25, 0.3) is 0 Å². The van der Waals surface area contributed by atoms with Gasteiger partial charge in [-0.1, -0.05) is 68.3 Å². The average molecular weight is 301 g/mol. The van der Waals surface area contributed by atoms with E-state index in [1.54, 1.807) is 0 Å². The summed E-state index contributed by atoms with van der Waals surface area (Å²) in [7, 11) is 0. The van der Waals surface area contributed by atoms with Crippen LogP contribution in [0.15, 0.2) is 35.5 Å². The largest absolute Gasteiger partial charge is 0.303 e. The van der Waals surface area contributed by atoms with Crippen molar-refractivity contribution in [3.8, 4) is 0 Å². The number of hydrogen-bond donors (Lipinski definition) is 0. The highest BCUT2D eigenvalue weighted by Gasteiger charge is 2.22. The third kappa shape index (κ3) is 3.49. The number of rotatable bonds is 5. The molecule has 0 atom stereocenters. The van der Waals surface area contributed by atoms with Crippen molar-refractivity contribution in [3.05, 3.63) is 41.7 Å². The molecule has 3 nitrogen and oxygen atoms in total. The Morgan fingerprint density at radius 2 is 1.86 bits per heavy atom. The van der Waals surface area contributed by atoms with Crippen LogP contribution >= 0.6 is 11.8 Å². The molecule has 0 bridgehead atoms. The van der Waals surface area contributed by atoms with Gasteiger partial charge in [-0.2, -0.15) is 0 Å². The Hall–Kier alpha value is -1.29. The third-order valence-electron chi connectivity index (χ3n) is 4.15. The number of benzene rings is 1. The van der Waals surface area contributed by atoms with Crippen LogP contribution < -0.4 is 0 Å². The lowest BCUT2D eigenvalue weighted by Crippen LogP contribution is -2.17. The molecule has 0 N–H and O–H groups in total. The second kappa shape index (κ2) is 7.12. The van der Waals surface area contributed by atoms with E-state index in [1.165, 1.54) is 37.7 Å². The van der Waals surface area contributed by atoms with E-state index in [0.29, 0.717) is 6.04 Å². The van der Waals surface area contributed by atoms with Crippen molar-refractivity contribution in [1.82, 2.24) is 14.8 Å². The molecule has 1 aromatic carbocycles. The van der Waals surface area contributed by atoms with Crippen LogP contribution in [0.5, 0.6) is 0 Å². The van der Waals surface area contributed by atoms with E-state index < -0.39 is 0 Å². The maximum atomic E-state index is 4.50. The zero-order valence-electron chi connectivity index (χ0n) is 12.7. The van der Waals surface area contributed by atoms with Crippen molar-refractivity contribution in [2.45, 2.75) is 56.6 Å². The molecular weight excluding hydrogens is 278 g/mol. The summed E-state index contributed by atoms with van der Waals surface area (Å²) >= 11 is 1.82. The number of nitrogens with zero attached hydrogens (tertiary/aromatic N) is 3. The molecule has 112 valence electrons. The zero-order chi connectivity index (χ0) is 14.5. The maximum absolute atomic E-state index is 4.50. The van der Waals surface area contributed by atoms with Crippen LogP contribution in [0.1, 0.15) is 56.5 Å². The highest BCUT2D eigenvalue weighted by atomic mass is 32.2. The van der Waals surface area contributed by atoms with Crippen molar-refractivity contribution in [2.75, 3.05) is 5.75 Å². The first-order valence-electron chi connectivity index (χ1n) is 7.99. The van der Waals surface area contributed by atoms with Gasteiger partial charge in [-0.05, 0) is 24.2 Å². The fraction of sp³-hybridized carbons (Fsp3) is 0.529. The lowest BCUT2D eigenvalue weighted by Gasteiger charge is -2.25. The minimum atomic E-state index is 0.599. The summed E-state index contributed by atoms with van der Waals surface area (Å²) < 4.78 is 2.43. The van der Waals surface area contributed by atoms with Gasteiger partial charge in [0.05, 0.1) is 0 Å². The van der Waals surface area contributed by atoms with Crippen LogP contribution in [0.4, 0.5) is 0 Å². The molecule has 21 heavy (non-hydrogen) atoms. The number of hydrogen-bond acceptors (Lipinski definition) is 3. The van der Waals surface area contributed by atoms with Gasteiger partial charge in [0.1, 0.15) is 5.82 Å². The summed E-state index contributed by atoms with van der Waals surface area (Å²) in [4.78, 5) is 0. The van der Waals surface area contributed by atoms with E-state index in [1.807, 2.05) is 11.8 Å². The minimum absolute atomic E-state index is 0.599. The summed E-state index contributed by atoms with van der Waals surface area (Å²) in [5, 5.41) is 10.1. The third-order valence-corrected chi connectivity index (χ3v) is 4.98. The Morgan fingerprint density at radius 3 is 2.57 bits per heavy atom. The van der Waals surface area contributed by atoms with Crippen LogP contribution in [-0.2, 0) is 6.42 Å². The standard InChI is InChI=1S/C17H23N3S/c1-2-21-17-19-18-16(13-14-9-5-3-6-10-14)20(17)15-11-7-4-8-12-15/h3,5-6,9-10,15H,2,4,7-8,11-13H2,1H3. The molecule has 0 unspecified atom stereocenters. The van der Waals surface area contributed by atoms with Gasteiger partial charge in [0.15, 0.2) is 5.16 Å². The summed E-state index contributed by atoms with van der Waals surface area (Å²) in [5.74, 6) is 2.18. The predicted octanol–water partition coefficient (Wildman–Crippen LogP) is 4.49. The Morgan fingerprint density at radius 1 is 1.10 bits per heavy atom. The van der Waals surface area contributed by atoms with Gasteiger partial charge < -0.3 is 4.57 Å². The lowest BCUT2D eigenvalue weighted by atomic mass is 9.95. The summed E-state index contributed by atoms with van der Waals surface area (Å²) in [6.45, 7) is 2.18. The second-order valence-corrected chi connectivity index (χ2v) is 6.89. The van der Waals surface area contributed by atoms with E-state index in [2.05, 4.69) is 52.0 Å². The molecular formula is C17H23N3S. The molecule has 0 aliphatic heterocycles. The number of thioether (sulfide) groups is 1. The summed E-state index contributed by atoms with van der Waals surface area (Å²) in [6.07, 6.45) is 7.49. The van der Waals surface area contributed by atoms with Crippen molar-refractivity contribution in [1.29, 1.82) is 0 Å². The van der Waals surface area contributed by atoms with Crippen LogP contribution in [0, 0.1) is 0 Å². The monoisotopic (exact) mass is 301 g/mol. The first-order valence-corrected chi connectivity index (χ1v) is 8.97. The smallest absolute Gasteiger partial charge is 0.191 e. The molecule has 1 aromatic heterocycles. The van der Waals surface area contributed by atoms with E-state index in [9.17, 15) is 0 Å². The van der Waals surface area contributed by atoms with E-state index in [0.717, 1.165) is 23.2 Å². The predicted molar refractivity (Wildman–Crippen MR) is 87.8 cm³/mol. The fourth-order valence-electron chi connectivity index (χ4n) is 3.14. The summed E-state index contributed by atoms with van der Waals surface area (Å²) in [6, 6.07) is 11.2.